The summed E-state index contributed by atoms with van der Waals surface area (Å²) in [5.74, 6) is -0.319. The first kappa shape index (κ1) is 20.2. The van der Waals surface area contributed by atoms with Crippen molar-refractivity contribution in [2.45, 2.75) is 70.7 Å². The maximum absolute atomic E-state index is 11.8. The number of hydrogen-bond donors (Lipinski definition) is 2. The fourth-order valence-corrected chi connectivity index (χ4v) is 3.05. The first-order chi connectivity index (χ1) is 12.3. The van der Waals surface area contributed by atoms with Gasteiger partial charge in [-0.1, -0.05) is 12.1 Å². The summed E-state index contributed by atoms with van der Waals surface area (Å²) in [6, 6.07) is 8.06. The van der Waals surface area contributed by atoms with Gasteiger partial charge in [-0.2, -0.15) is 0 Å². The lowest BCUT2D eigenvalue weighted by Gasteiger charge is -2.30. The summed E-state index contributed by atoms with van der Waals surface area (Å²) < 4.78 is 10.0. The summed E-state index contributed by atoms with van der Waals surface area (Å²) in [5.41, 5.74) is 1.23. The Labute approximate surface area is 155 Å². The molecule has 1 aliphatic carbocycles. The van der Waals surface area contributed by atoms with Crippen molar-refractivity contribution in [3.05, 3.63) is 35.4 Å². The van der Waals surface area contributed by atoms with E-state index in [1.54, 1.807) is 12.1 Å². The van der Waals surface area contributed by atoms with Gasteiger partial charge in [-0.25, -0.2) is 9.59 Å². The van der Waals surface area contributed by atoms with Crippen molar-refractivity contribution >= 4 is 12.1 Å². The zero-order valence-corrected chi connectivity index (χ0v) is 16.1. The van der Waals surface area contributed by atoms with E-state index >= 15 is 0 Å². The van der Waals surface area contributed by atoms with Crippen LogP contribution in [0.15, 0.2) is 24.3 Å². The van der Waals surface area contributed by atoms with E-state index in [1.165, 1.54) is 7.11 Å². The Bertz CT molecular complexity index is 599. The number of carbonyl (C=O) groups excluding carboxylic acids is 2. The highest BCUT2D eigenvalue weighted by Crippen LogP contribution is 2.20. The quantitative estimate of drug-likeness (QED) is 0.785. The van der Waals surface area contributed by atoms with Crippen molar-refractivity contribution in [3.8, 4) is 0 Å². The van der Waals surface area contributed by atoms with Crippen molar-refractivity contribution in [1.82, 2.24) is 10.6 Å². The van der Waals surface area contributed by atoms with Crippen LogP contribution in [0.1, 0.15) is 62.4 Å². The monoisotopic (exact) mass is 362 g/mol. The average Bonchev–Trinajstić information content (AvgIpc) is 2.59. The Balaban J connectivity index is 1.70. The zero-order chi connectivity index (χ0) is 19.2. The molecule has 1 amide bonds. The smallest absolute Gasteiger partial charge is 0.407 e. The van der Waals surface area contributed by atoms with Gasteiger partial charge in [-0.3, -0.25) is 0 Å². The van der Waals surface area contributed by atoms with Crippen molar-refractivity contribution in [2.75, 3.05) is 7.11 Å². The van der Waals surface area contributed by atoms with Crippen LogP contribution in [-0.2, 0) is 16.0 Å². The van der Waals surface area contributed by atoms with Crippen molar-refractivity contribution in [1.29, 1.82) is 0 Å². The number of methoxy groups -OCH3 is 1. The van der Waals surface area contributed by atoms with Gasteiger partial charge in [0.05, 0.1) is 12.7 Å². The molecule has 1 saturated carbocycles. The molecule has 0 aromatic heterocycles. The predicted molar refractivity (Wildman–Crippen MR) is 100 cm³/mol. The number of alkyl carbamates (subject to hydrolysis) is 1. The molecule has 0 saturated heterocycles. The normalized spacial score (nSPS) is 20.3. The largest absolute Gasteiger partial charge is 0.465 e. The molecule has 0 heterocycles. The number of amides is 1. The van der Waals surface area contributed by atoms with Crippen LogP contribution in [-0.4, -0.2) is 36.9 Å². The number of rotatable bonds is 5. The molecule has 1 aromatic rings. The van der Waals surface area contributed by atoms with E-state index in [9.17, 15) is 9.59 Å². The second kappa shape index (κ2) is 9.03. The second-order valence-electron chi connectivity index (χ2n) is 7.76. The van der Waals surface area contributed by atoms with Gasteiger partial charge in [0.15, 0.2) is 0 Å². The van der Waals surface area contributed by atoms with Crippen LogP contribution < -0.4 is 10.6 Å². The van der Waals surface area contributed by atoms with Crippen molar-refractivity contribution in [2.24, 2.45) is 0 Å². The van der Waals surface area contributed by atoms with Crippen LogP contribution in [0.5, 0.6) is 0 Å². The summed E-state index contributed by atoms with van der Waals surface area (Å²) in [5, 5.41) is 6.51. The number of carbonyl (C=O) groups is 2. The molecule has 1 aliphatic rings. The molecule has 0 bridgehead atoms. The van der Waals surface area contributed by atoms with Crippen LogP contribution in [0.4, 0.5) is 4.79 Å². The lowest BCUT2D eigenvalue weighted by molar-refractivity contribution is 0.0489. The highest BCUT2D eigenvalue weighted by Gasteiger charge is 2.24. The number of hydrogen-bond acceptors (Lipinski definition) is 5. The highest BCUT2D eigenvalue weighted by molar-refractivity contribution is 5.89. The minimum absolute atomic E-state index is 0.183. The Morgan fingerprint density at radius 2 is 1.62 bits per heavy atom. The van der Waals surface area contributed by atoms with E-state index in [0.717, 1.165) is 37.8 Å². The summed E-state index contributed by atoms with van der Waals surface area (Å²) in [4.78, 5) is 23.3. The Morgan fingerprint density at radius 3 is 2.15 bits per heavy atom. The maximum Gasteiger partial charge on any atom is 0.407 e. The Morgan fingerprint density at radius 1 is 1.04 bits per heavy atom. The lowest BCUT2D eigenvalue weighted by Crippen LogP contribution is -2.43. The van der Waals surface area contributed by atoms with E-state index in [-0.39, 0.29) is 18.1 Å². The Hall–Kier alpha value is -2.08. The fraction of sp³-hybridized carbons (Fsp3) is 0.600. The molecular formula is C20H30N2O4. The molecule has 1 fully saturated rings. The number of ether oxygens (including phenoxy) is 2. The maximum atomic E-state index is 11.8. The third-order valence-electron chi connectivity index (χ3n) is 4.42. The molecule has 0 aliphatic heterocycles. The molecule has 1 aromatic carbocycles. The van der Waals surface area contributed by atoms with Crippen LogP contribution in [0, 0.1) is 0 Å². The summed E-state index contributed by atoms with van der Waals surface area (Å²) in [6.07, 6.45) is 3.58. The molecule has 2 N–H and O–H groups in total. The Kier molecular flexibility index (Phi) is 7.03. The van der Waals surface area contributed by atoms with Gasteiger partial charge in [0, 0.05) is 18.6 Å². The standard InChI is InChI=1S/C20H30N2O4/c1-20(2,3)26-19(24)22-17-11-9-16(10-12-17)21-13-14-5-7-15(8-6-14)18(23)25-4/h5-8,16-17,21H,9-13H2,1-4H3,(H,22,24). The summed E-state index contributed by atoms with van der Waals surface area (Å²) in [7, 11) is 1.38. The van der Waals surface area contributed by atoms with Gasteiger partial charge < -0.3 is 20.1 Å². The molecule has 0 spiro atoms. The highest BCUT2D eigenvalue weighted by atomic mass is 16.6. The molecule has 6 nitrogen and oxygen atoms in total. The van der Waals surface area contributed by atoms with E-state index < -0.39 is 5.60 Å². The van der Waals surface area contributed by atoms with Gasteiger partial charge >= 0.3 is 12.1 Å². The van der Waals surface area contributed by atoms with Gasteiger partial charge in [0.2, 0.25) is 0 Å². The minimum Gasteiger partial charge on any atom is -0.465 e. The number of benzene rings is 1. The van der Waals surface area contributed by atoms with Crippen LogP contribution in [0.2, 0.25) is 0 Å². The summed E-state index contributed by atoms with van der Waals surface area (Å²) in [6.45, 7) is 6.36. The average molecular weight is 362 g/mol. The predicted octanol–water partition coefficient (Wildman–Crippen LogP) is 3.40. The zero-order valence-electron chi connectivity index (χ0n) is 16.1. The molecule has 6 heteroatoms. The lowest BCUT2D eigenvalue weighted by atomic mass is 9.91. The van der Waals surface area contributed by atoms with Gasteiger partial charge in [0.1, 0.15) is 5.60 Å². The van der Waals surface area contributed by atoms with E-state index in [0.29, 0.717) is 11.6 Å². The molecule has 2 rings (SSSR count). The fourth-order valence-electron chi connectivity index (χ4n) is 3.05. The van der Waals surface area contributed by atoms with Gasteiger partial charge in [-0.05, 0) is 64.2 Å². The van der Waals surface area contributed by atoms with Crippen molar-refractivity contribution < 1.29 is 19.1 Å². The van der Waals surface area contributed by atoms with Crippen LogP contribution >= 0.6 is 0 Å². The molecule has 0 unspecified atom stereocenters. The topological polar surface area (TPSA) is 76.7 Å². The number of esters is 1. The van der Waals surface area contributed by atoms with Gasteiger partial charge in [0.25, 0.3) is 0 Å². The first-order valence-electron chi connectivity index (χ1n) is 9.17. The van der Waals surface area contributed by atoms with Crippen molar-refractivity contribution in [3.63, 3.8) is 0 Å². The molecular weight excluding hydrogens is 332 g/mol. The molecule has 26 heavy (non-hydrogen) atoms. The molecule has 144 valence electrons. The summed E-state index contributed by atoms with van der Waals surface area (Å²) >= 11 is 0. The first-order valence-corrected chi connectivity index (χ1v) is 9.17. The minimum atomic E-state index is -0.466. The molecule has 0 atom stereocenters. The van der Waals surface area contributed by atoms with E-state index in [1.807, 2.05) is 32.9 Å². The second-order valence-corrected chi connectivity index (χ2v) is 7.76. The van der Waals surface area contributed by atoms with Gasteiger partial charge in [-0.15, -0.1) is 0 Å². The number of nitrogens with one attached hydrogen (secondary N) is 2. The van der Waals surface area contributed by atoms with E-state index in [4.69, 9.17) is 9.47 Å². The molecule has 0 radical (unpaired) electrons. The third kappa shape index (κ3) is 6.67. The third-order valence-corrected chi connectivity index (χ3v) is 4.42. The van der Waals surface area contributed by atoms with Crippen LogP contribution in [0.25, 0.3) is 0 Å². The van der Waals surface area contributed by atoms with E-state index in [2.05, 4.69) is 10.6 Å². The SMILES string of the molecule is COC(=O)c1ccc(CNC2CCC(NC(=O)OC(C)(C)C)CC2)cc1. The van der Waals surface area contributed by atoms with Crippen LogP contribution in [0.3, 0.4) is 0 Å².